The van der Waals surface area contributed by atoms with Gasteiger partial charge in [0.2, 0.25) is 0 Å². The Morgan fingerprint density at radius 1 is 1.26 bits per heavy atom. The standard InChI is InChI=1S/C17H20N4O2/c1-11(2)21-5-3-4-16(21)15-10-19-9-14(20-15)12-6-13(17(22)23)8-18-7-12/h6-11,16H,3-5H2,1-2H3,(H,22,23)/t16-/m0/s1. The summed E-state index contributed by atoms with van der Waals surface area (Å²) in [6.07, 6.45) is 8.65. The van der Waals surface area contributed by atoms with Crippen molar-refractivity contribution in [2.45, 2.75) is 38.8 Å². The zero-order valence-corrected chi connectivity index (χ0v) is 13.3. The molecular formula is C17H20N4O2. The smallest absolute Gasteiger partial charge is 0.337 e. The molecule has 1 N–H and O–H groups in total. The van der Waals surface area contributed by atoms with Crippen molar-refractivity contribution >= 4 is 5.97 Å². The predicted molar refractivity (Wildman–Crippen MR) is 86.0 cm³/mol. The number of aromatic carboxylic acids is 1. The average molecular weight is 312 g/mol. The van der Waals surface area contributed by atoms with Gasteiger partial charge < -0.3 is 5.11 Å². The Kier molecular flexibility index (Phi) is 4.34. The van der Waals surface area contributed by atoms with Gasteiger partial charge in [-0.3, -0.25) is 14.9 Å². The summed E-state index contributed by atoms with van der Waals surface area (Å²) < 4.78 is 0. The summed E-state index contributed by atoms with van der Waals surface area (Å²) in [4.78, 5) is 26.6. The molecule has 3 heterocycles. The number of carbonyl (C=O) groups is 1. The minimum Gasteiger partial charge on any atom is -0.478 e. The molecule has 0 spiro atoms. The van der Waals surface area contributed by atoms with Crippen LogP contribution in [-0.4, -0.2) is 43.5 Å². The van der Waals surface area contributed by atoms with Gasteiger partial charge >= 0.3 is 5.97 Å². The molecule has 2 aromatic heterocycles. The fraction of sp³-hybridized carbons (Fsp3) is 0.412. The molecule has 0 bridgehead atoms. The number of rotatable bonds is 4. The van der Waals surface area contributed by atoms with E-state index in [1.807, 2.05) is 6.20 Å². The molecule has 1 aliphatic heterocycles. The van der Waals surface area contributed by atoms with E-state index in [2.05, 4.69) is 28.7 Å². The van der Waals surface area contributed by atoms with Crippen molar-refractivity contribution in [2.75, 3.05) is 6.54 Å². The van der Waals surface area contributed by atoms with Gasteiger partial charge in [-0.15, -0.1) is 0 Å². The van der Waals surface area contributed by atoms with Gasteiger partial charge in [-0.1, -0.05) is 0 Å². The summed E-state index contributed by atoms with van der Waals surface area (Å²) in [7, 11) is 0. The highest BCUT2D eigenvalue weighted by atomic mass is 16.4. The minimum absolute atomic E-state index is 0.152. The molecule has 6 nitrogen and oxygen atoms in total. The molecule has 0 unspecified atom stereocenters. The van der Waals surface area contributed by atoms with E-state index in [4.69, 9.17) is 10.1 Å². The van der Waals surface area contributed by atoms with Gasteiger partial charge in [-0.2, -0.15) is 0 Å². The van der Waals surface area contributed by atoms with Gasteiger partial charge in [0.1, 0.15) is 0 Å². The Bertz CT molecular complexity index is 717. The van der Waals surface area contributed by atoms with Crippen LogP contribution in [0.3, 0.4) is 0 Å². The first-order valence-corrected chi connectivity index (χ1v) is 7.82. The van der Waals surface area contributed by atoms with Crippen molar-refractivity contribution in [3.8, 4) is 11.3 Å². The van der Waals surface area contributed by atoms with Crippen molar-refractivity contribution in [3.05, 3.63) is 42.1 Å². The van der Waals surface area contributed by atoms with Crippen molar-refractivity contribution in [1.29, 1.82) is 0 Å². The first-order chi connectivity index (χ1) is 11.1. The second kappa shape index (κ2) is 6.42. The molecule has 1 aliphatic rings. The fourth-order valence-electron chi connectivity index (χ4n) is 3.10. The molecular weight excluding hydrogens is 292 g/mol. The number of hydrogen-bond acceptors (Lipinski definition) is 5. The molecule has 0 radical (unpaired) electrons. The van der Waals surface area contributed by atoms with Crippen LogP contribution in [-0.2, 0) is 0 Å². The number of carboxylic acids is 1. The van der Waals surface area contributed by atoms with E-state index < -0.39 is 5.97 Å². The highest BCUT2D eigenvalue weighted by Gasteiger charge is 2.29. The Hall–Kier alpha value is -2.34. The SMILES string of the molecule is CC(C)N1CCC[C@H]1c1cncc(-c2cncc(C(=O)O)c2)n1. The van der Waals surface area contributed by atoms with Crippen LogP contribution in [0.2, 0.25) is 0 Å². The van der Waals surface area contributed by atoms with Crippen molar-refractivity contribution in [1.82, 2.24) is 19.9 Å². The van der Waals surface area contributed by atoms with Gasteiger partial charge in [0.05, 0.1) is 35.4 Å². The molecule has 1 saturated heterocycles. The molecule has 6 heteroatoms. The lowest BCUT2D eigenvalue weighted by molar-refractivity contribution is 0.0696. The topological polar surface area (TPSA) is 79.2 Å². The van der Waals surface area contributed by atoms with E-state index in [0.29, 0.717) is 17.3 Å². The maximum Gasteiger partial charge on any atom is 0.337 e. The monoisotopic (exact) mass is 312 g/mol. The molecule has 2 aromatic rings. The highest BCUT2D eigenvalue weighted by molar-refractivity contribution is 5.88. The van der Waals surface area contributed by atoms with Crippen LogP contribution in [0.1, 0.15) is 48.8 Å². The number of carboxylic acid groups (broad SMARTS) is 1. The fourth-order valence-corrected chi connectivity index (χ4v) is 3.10. The molecule has 0 aromatic carbocycles. The summed E-state index contributed by atoms with van der Waals surface area (Å²) in [5, 5.41) is 9.10. The van der Waals surface area contributed by atoms with E-state index in [0.717, 1.165) is 25.1 Å². The van der Waals surface area contributed by atoms with Crippen LogP contribution in [0.4, 0.5) is 0 Å². The Morgan fingerprint density at radius 2 is 2.04 bits per heavy atom. The average Bonchev–Trinajstić information content (AvgIpc) is 3.05. The number of nitrogens with zero attached hydrogens (tertiary/aromatic N) is 4. The molecule has 1 fully saturated rings. The molecule has 1 atom stereocenters. The minimum atomic E-state index is -0.995. The van der Waals surface area contributed by atoms with Gasteiger partial charge in [-0.25, -0.2) is 9.78 Å². The summed E-state index contributed by atoms with van der Waals surface area (Å²) in [6, 6.07) is 2.32. The lowest BCUT2D eigenvalue weighted by Crippen LogP contribution is -2.30. The van der Waals surface area contributed by atoms with Crippen LogP contribution in [0.25, 0.3) is 11.3 Å². The maximum atomic E-state index is 11.1. The summed E-state index contributed by atoms with van der Waals surface area (Å²) in [6.45, 7) is 5.45. The van der Waals surface area contributed by atoms with Crippen molar-refractivity contribution in [2.24, 2.45) is 0 Å². The molecule has 3 rings (SSSR count). The first kappa shape index (κ1) is 15.6. The Labute approximate surface area is 135 Å². The van der Waals surface area contributed by atoms with Crippen LogP contribution in [0.5, 0.6) is 0 Å². The van der Waals surface area contributed by atoms with E-state index in [1.165, 1.54) is 6.20 Å². The van der Waals surface area contributed by atoms with Gasteiger partial charge in [-0.05, 0) is 39.3 Å². The Morgan fingerprint density at radius 3 is 2.78 bits per heavy atom. The van der Waals surface area contributed by atoms with Crippen LogP contribution in [0.15, 0.2) is 30.9 Å². The lowest BCUT2D eigenvalue weighted by Gasteiger charge is -2.27. The van der Waals surface area contributed by atoms with Gasteiger partial charge in [0.25, 0.3) is 0 Å². The second-order valence-electron chi connectivity index (χ2n) is 6.09. The largest absolute Gasteiger partial charge is 0.478 e. The third-order valence-electron chi connectivity index (χ3n) is 4.23. The molecule has 0 amide bonds. The Balaban J connectivity index is 1.94. The number of likely N-dealkylation sites (tertiary alicyclic amines) is 1. The molecule has 120 valence electrons. The van der Waals surface area contributed by atoms with Crippen molar-refractivity contribution < 1.29 is 9.90 Å². The quantitative estimate of drug-likeness (QED) is 0.935. The number of pyridine rings is 1. The summed E-state index contributed by atoms with van der Waals surface area (Å²) >= 11 is 0. The number of hydrogen-bond donors (Lipinski definition) is 1. The zero-order chi connectivity index (χ0) is 16.4. The van der Waals surface area contributed by atoms with Crippen LogP contribution < -0.4 is 0 Å². The van der Waals surface area contributed by atoms with E-state index in [9.17, 15) is 4.79 Å². The van der Waals surface area contributed by atoms with Crippen molar-refractivity contribution in [3.63, 3.8) is 0 Å². The molecule has 0 aliphatic carbocycles. The second-order valence-corrected chi connectivity index (χ2v) is 6.09. The lowest BCUT2D eigenvalue weighted by atomic mass is 10.1. The maximum absolute atomic E-state index is 11.1. The van der Waals surface area contributed by atoms with Gasteiger partial charge in [0, 0.05) is 24.0 Å². The molecule has 0 saturated carbocycles. The van der Waals surface area contributed by atoms with E-state index in [-0.39, 0.29) is 11.6 Å². The summed E-state index contributed by atoms with van der Waals surface area (Å²) in [5.74, 6) is -0.995. The first-order valence-electron chi connectivity index (χ1n) is 7.82. The number of aromatic nitrogens is 3. The third-order valence-corrected chi connectivity index (χ3v) is 4.23. The molecule has 23 heavy (non-hydrogen) atoms. The van der Waals surface area contributed by atoms with E-state index in [1.54, 1.807) is 18.5 Å². The van der Waals surface area contributed by atoms with Crippen LogP contribution >= 0.6 is 0 Å². The highest BCUT2D eigenvalue weighted by Crippen LogP contribution is 2.32. The zero-order valence-electron chi connectivity index (χ0n) is 13.3. The summed E-state index contributed by atoms with van der Waals surface area (Å²) in [5.41, 5.74) is 2.43. The van der Waals surface area contributed by atoms with E-state index >= 15 is 0 Å². The third kappa shape index (κ3) is 3.22. The normalized spacial score (nSPS) is 18.5. The van der Waals surface area contributed by atoms with Gasteiger partial charge in [0.15, 0.2) is 0 Å². The van der Waals surface area contributed by atoms with Crippen LogP contribution in [0, 0.1) is 0 Å². The predicted octanol–water partition coefficient (Wildman–Crippen LogP) is 2.78.